The monoisotopic (exact) mass is 543 g/mol. The van der Waals surface area contributed by atoms with Gasteiger partial charge in [-0.1, -0.05) is 106 Å². The fourth-order valence-electron chi connectivity index (χ4n) is 5.66. The number of aliphatic imine (C=N–C) groups is 1. The Labute approximate surface area is 242 Å². The van der Waals surface area contributed by atoms with Gasteiger partial charge < -0.3 is 0 Å². The van der Waals surface area contributed by atoms with Crippen LogP contribution in [0.1, 0.15) is 93.9 Å². The smallest absolute Gasteiger partial charge is 0.0500 e. The third-order valence-electron chi connectivity index (χ3n) is 7.50. The van der Waals surface area contributed by atoms with E-state index in [1.165, 1.54) is 39.3 Å². The van der Waals surface area contributed by atoms with Gasteiger partial charge in [-0.25, -0.2) is 0 Å². The number of rotatable bonds is 11. The van der Waals surface area contributed by atoms with E-state index in [0.29, 0.717) is 11.6 Å². The molecule has 2 rings (SSSR count). The molecule has 0 heterocycles. The second-order valence-electron chi connectivity index (χ2n) is 11.4. The second-order valence-corrected chi connectivity index (χ2v) is 13.7. The van der Waals surface area contributed by atoms with Crippen LogP contribution in [0.2, 0.25) is 0 Å². The van der Waals surface area contributed by atoms with E-state index in [-0.39, 0.29) is 13.8 Å². The number of hydrogen-bond donors (Lipinski definition) is 0. The van der Waals surface area contributed by atoms with Crippen molar-refractivity contribution in [2.24, 2.45) is 16.8 Å². The van der Waals surface area contributed by atoms with Crippen LogP contribution in [0.5, 0.6) is 0 Å². The molecule has 2 aliphatic carbocycles. The summed E-state index contributed by atoms with van der Waals surface area (Å²) in [5.74, 6) is 3.30. The van der Waals surface area contributed by atoms with E-state index < -0.39 is 0 Å². The lowest BCUT2D eigenvalue weighted by molar-refractivity contribution is 0.618. The maximum atomic E-state index is 5.39. The summed E-state index contributed by atoms with van der Waals surface area (Å²) in [6.07, 6.45) is 31.9. The SMILES string of the molecule is CC=CC(CC/C(C)=N\C1=C(/C)C2=C(C=CCC2CC=CCC)C/C=C\C=C/C1C)P(C)/C=C(/C)C=C(C)C. The van der Waals surface area contributed by atoms with Gasteiger partial charge in [-0.05, 0) is 109 Å². The standard InChI is InChI=1S/C37H54NP/c1-10-12-14-20-33-22-17-23-34-21-16-13-15-19-30(6)37(32(8)36(33)34)38-31(7)24-25-35(18-11-2)39(9)27-29(5)26-28(3)4/h11-19,23,26-27,30,33,35H,10,20-22,24-25H2,1-9H3/b14-12?,16-13-,18-11?,19-15-,29-27-,37-32+,38-31-. The molecule has 0 saturated carbocycles. The minimum Gasteiger partial charge on any atom is -0.262 e. The quantitative estimate of drug-likeness (QED) is 0.106. The Morgan fingerprint density at radius 1 is 1.13 bits per heavy atom. The summed E-state index contributed by atoms with van der Waals surface area (Å²) >= 11 is 0. The molecular formula is C37H54NP. The molecular weight excluding hydrogens is 489 g/mol. The summed E-state index contributed by atoms with van der Waals surface area (Å²) in [6, 6.07) is 0. The van der Waals surface area contributed by atoms with Crippen molar-refractivity contribution in [1.82, 2.24) is 0 Å². The zero-order valence-corrected chi connectivity index (χ0v) is 27.2. The first-order chi connectivity index (χ1) is 18.7. The largest absolute Gasteiger partial charge is 0.262 e. The first kappa shape index (κ1) is 33.0. The fourth-order valence-corrected chi connectivity index (χ4v) is 7.55. The number of allylic oxidation sites excluding steroid dienone is 16. The molecule has 0 N–H and O–H groups in total. The average molecular weight is 544 g/mol. The lowest BCUT2D eigenvalue weighted by atomic mass is 9.78. The minimum absolute atomic E-state index is 0.227. The van der Waals surface area contributed by atoms with Crippen molar-refractivity contribution in [1.29, 1.82) is 0 Å². The van der Waals surface area contributed by atoms with Crippen molar-refractivity contribution >= 4 is 13.6 Å². The van der Waals surface area contributed by atoms with Gasteiger partial charge in [0.25, 0.3) is 0 Å². The van der Waals surface area contributed by atoms with Crippen molar-refractivity contribution in [2.75, 3.05) is 6.66 Å². The molecule has 0 saturated heterocycles. The molecule has 0 radical (unpaired) electrons. The van der Waals surface area contributed by atoms with Crippen LogP contribution in [-0.2, 0) is 0 Å². The van der Waals surface area contributed by atoms with Crippen molar-refractivity contribution in [3.05, 3.63) is 106 Å². The summed E-state index contributed by atoms with van der Waals surface area (Å²) in [5, 5.41) is 0. The molecule has 0 aromatic heterocycles. The third kappa shape index (κ3) is 11.0. The summed E-state index contributed by atoms with van der Waals surface area (Å²) in [6.45, 7) is 20.2. The van der Waals surface area contributed by atoms with Crippen molar-refractivity contribution in [3.8, 4) is 0 Å². The van der Waals surface area contributed by atoms with Gasteiger partial charge in [0.2, 0.25) is 0 Å². The predicted octanol–water partition coefficient (Wildman–Crippen LogP) is 11.8. The summed E-state index contributed by atoms with van der Waals surface area (Å²) in [5.41, 5.74) is 10.2. The van der Waals surface area contributed by atoms with Crippen LogP contribution in [0, 0.1) is 11.8 Å². The lowest BCUT2D eigenvalue weighted by Gasteiger charge is -2.28. The second kappa shape index (κ2) is 17.5. The average Bonchev–Trinajstić information content (AvgIpc) is 2.88. The van der Waals surface area contributed by atoms with Crippen LogP contribution in [0.4, 0.5) is 0 Å². The Morgan fingerprint density at radius 3 is 2.59 bits per heavy atom. The van der Waals surface area contributed by atoms with Crippen LogP contribution < -0.4 is 0 Å². The van der Waals surface area contributed by atoms with E-state index in [1.807, 2.05) is 0 Å². The van der Waals surface area contributed by atoms with Crippen molar-refractivity contribution in [2.45, 2.75) is 99.6 Å². The molecule has 4 unspecified atom stereocenters. The van der Waals surface area contributed by atoms with E-state index in [0.717, 1.165) is 38.5 Å². The molecule has 0 aromatic carbocycles. The Bertz CT molecular complexity index is 1110. The van der Waals surface area contributed by atoms with Gasteiger partial charge in [0, 0.05) is 17.3 Å². The topological polar surface area (TPSA) is 12.4 Å². The van der Waals surface area contributed by atoms with E-state index in [2.05, 4.69) is 135 Å². The molecule has 39 heavy (non-hydrogen) atoms. The Balaban J connectivity index is 2.40. The molecule has 0 spiro atoms. The fraction of sp³-hybridized carbons (Fsp3) is 0.486. The predicted molar refractivity (Wildman–Crippen MR) is 180 cm³/mol. The van der Waals surface area contributed by atoms with Gasteiger partial charge in [0.15, 0.2) is 0 Å². The highest BCUT2D eigenvalue weighted by Crippen LogP contribution is 2.43. The van der Waals surface area contributed by atoms with Crippen LogP contribution in [0.3, 0.4) is 0 Å². The normalized spacial score (nSPS) is 26.1. The Hall–Kier alpha value is -2.24. The van der Waals surface area contributed by atoms with E-state index in [1.54, 1.807) is 0 Å². The van der Waals surface area contributed by atoms with Crippen LogP contribution in [-0.4, -0.2) is 18.0 Å². The van der Waals surface area contributed by atoms with Gasteiger partial charge in [-0.15, -0.1) is 0 Å². The molecule has 0 amide bonds. The van der Waals surface area contributed by atoms with Crippen LogP contribution in [0.15, 0.2) is 111 Å². The molecule has 2 heteroatoms. The van der Waals surface area contributed by atoms with Gasteiger partial charge in [0.05, 0.1) is 5.70 Å². The highest BCUT2D eigenvalue weighted by molar-refractivity contribution is 7.61. The zero-order valence-electron chi connectivity index (χ0n) is 26.3. The molecule has 212 valence electrons. The van der Waals surface area contributed by atoms with Crippen LogP contribution >= 0.6 is 7.92 Å². The molecule has 0 aliphatic heterocycles. The van der Waals surface area contributed by atoms with Gasteiger partial charge in [0.1, 0.15) is 0 Å². The first-order valence-electron chi connectivity index (χ1n) is 15.0. The molecule has 0 bridgehead atoms. The van der Waals surface area contributed by atoms with Gasteiger partial charge in [-0.3, -0.25) is 4.99 Å². The Morgan fingerprint density at radius 2 is 1.90 bits per heavy atom. The summed E-state index contributed by atoms with van der Waals surface area (Å²) in [4.78, 5) is 5.39. The maximum absolute atomic E-state index is 5.39. The highest BCUT2D eigenvalue weighted by atomic mass is 31.1. The molecule has 2 aliphatic rings. The van der Waals surface area contributed by atoms with Crippen molar-refractivity contribution < 1.29 is 0 Å². The lowest BCUT2D eigenvalue weighted by Crippen LogP contribution is -2.13. The molecule has 0 fully saturated rings. The Kier molecular flexibility index (Phi) is 14.8. The van der Waals surface area contributed by atoms with Crippen LogP contribution in [0.25, 0.3) is 0 Å². The summed E-state index contributed by atoms with van der Waals surface area (Å²) in [7, 11) is -0.227. The summed E-state index contributed by atoms with van der Waals surface area (Å²) < 4.78 is 0. The minimum atomic E-state index is -0.227. The van der Waals surface area contributed by atoms with E-state index in [9.17, 15) is 0 Å². The molecule has 1 nitrogen and oxygen atoms in total. The molecule has 4 atom stereocenters. The highest BCUT2D eigenvalue weighted by Gasteiger charge is 2.24. The third-order valence-corrected chi connectivity index (χ3v) is 9.79. The zero-order chi connectivity index (χ0) is 28.8. The maximum Gasteiger partial charge on any atom is 0.0500 e. The van der Waals surface area contributed by atoms with Crippen molar-refractivity contribution in [3.63, 3.8) is 0 Å². The van der Waals surface area contributed by atoms with Gasteiger partial charge >= 0.3 is 0 Å². The number of hydrogen-bond acceptors (Lipinski definition) is 1. The number of nitrogens with zero attached hydrogens (tertiary/aromatic N) is 1. The first-order valence-corrected chi connectivity index (χ1v) is 16.9. The van der Waals surface area contributed by atoms with E-state index in [4.69, 9.17) is 4.99 Å². The van der Waals surface area contributed by atoms with Gasteiger partial charge in [-0.2, -0.15) is 0 Å². The van der Waals surface area contributed by atoms with E-state index >= 15 is 0 Å². The molecule has 0 aromatic rings.